The molecule has 0 aliphatic carbocycles. The number of alkyl halides is 1. The summed E-state index contributed by atoms with van der Waals surface area (Å²) in [4.78, 5) is 31.0. The van der Waals surface area contributed by atoms with E-state index >= 15 is 0 Å². The number of carbonyl (C=O) groups excluding carboxylic acids is 2. The Labute approximate surface area is 252 Å². The summed E-state index contributed by atoms with van der Waals surface area (Å²) in [5.41, 5.74) is 5.36. The minimum absolute atomic E-state index is 0.0155. The summed E-state index contributed by atoms with van der Waals surface area (Å²) >= 11 is 6.12. The predicted molar refractivity (Wildman–Crippen MR) is 174 cm³/mol. The maximum atomic E-state index is 13.3. The zero-order valence-corrected chi connectivity index (χ0v) is 25.6. The maximum Gasteiger partial charge on any atom is 0.162 e. The first-order valence-corrected chi connectivity index (χ1v) is 15.9. The normalized spacial score (nSPS) is 13.1. The highest BCUT2D eigenvalue weighted by Crippen LogP contribution is 2.23. The molecule has 2 atom stereocenters. The first kappa shape index (κ1) is 32.5. The van der Waals surface area contributed by atoms with Crippen LogP contribution in [-0.2, 0) is 11.2 Å². The molecule has 0 aliphatic heterocycles. The van der Waals surface area contributed by atoms with Crippen molar-refractivity contribution in [2.24, 2.45) is 16.8 Å². The second kappa shape index (κ2) is 18.4. The van der Waals surface area contributed by atoms with Crippen molar-refractivity contribution in [1.29, 1.82) is 0 Å². The maximum absolute atomic E-state index is 13.3. The zero-order valence-electron chi connectivity index (χ0n) is 24.9. The number of benzene rings is 3. The van der Waals surface area contributed by atoms with E-state index in [9.17, 15) is 9.59 Å². The molecule has 0 aromatic heterocycles. The van der Waals surface area contributed by atoms with Gasteiger partial charge in [0.15, 0.2) is 5.78 Å². The molecular formula is C37H46ClNO2. The monoisotopic (exact) mass is 571 g/mol. The van der Waals surface area contributed by atoms with Crippen molar-refractivity contribution in [3.05, 3.63) is 96.1 Å². The lowest BCUT2D eigenvalue weighted by molar-refractivity contribution is -0.123. The van der Waals surface area contributed by atoms with Crippen LogP contribution in [0.4, 0.5) is 0 Å². The molecule has 0 bridgehead atoms. The molecule has 218 valence electrons. The second-order valence-electron chi connectivity index (χ2n) is 11.1. The van der Waals surface area contributed by atoms with Crippen molar-refractivity contribution in [3.63, 3.8) is 0 Å². The lowest BCUT2D eigenvalue weighted by Gasteiger charge is -2.16. The molecule has 41 heavy (non-hydrogen) atoms. The summed E-state index contributed by atoms with van der Waals surface area (Å²) in [5, 5.41) is 0. The van der Waals surface area contributed by atoms with Gasteiger partial charge in [0.25, 0.3) is 0 Å². The highest BCUT2D eigenvalue weighted by atomic mass is 35.5. The van der Waals surface area contributed by atoms with E-state index in [2.05, 4.69) is 50.2 Å². The van der Waals surface area contributed by atoms with Crippen LogP contribution in [0.3, 0.4) is 0 Å². The van der Waals surface area contributed by atoms with Gasteiger partial charge in [-0.3, -0.25) is 14.6 Å². The summed E-state index contributed by atoms with van der Waals surface area (Å²) in [6.45, 7) is 5.02. The third-order valence-corrected chi connectivity index (χ3v) is 8.32. The highest BCUT2D eigenvalue weighted by molar-refractivity contribution is 6.28. The predicted octanol–water partition coefficient (Wildman–Crippen LogP) is 9.81. The average Bonchev–Trinajstić information content (AvgIpc) is 3.02. The Kier molecular flexibility index (Phi) is 14.6. The largest absolute Gasteiger partial charge is 0.299 e. The number of carbonyl (C=O) groups is 2. The van der Waals surface area contributed by atoms with Crippen molar-refractivity contribution < 1.29 is 9.59 Å². The molecule has 0 saturated carbocycles. The quantitative estimate of drug-likeness (QED) is 0.0622. The van der Waals surface area contributed by atoms with Gasteiger partial charge in [0.2, 0.25) is 0 Å². The van der Waals surface area contributed by atoms with Gasteiger partial charge in [0.05, 0.1) is 5.88 Å². The van der Waals surface area contributed by atoms with Crippen LogP contribution in [0.1, 0.15) is 87.6 Å². The first-order valence-electron chi connectivity index (χ1n) is 15.4. The number of hydrogen-bond acceptors (Lipinski definition) is 3. The summed E-state index contributed by atoms with van der Waals surface area (Å²) in [5.74, 6) is 1.32. The van der Waals surface area contributed by atoms with Crippen LogP contribution in [0.25, 0.3) is 11.1 Å². The standard InChI is InChI=1S/C37H46ClNO2/c1-3-29(2)35(28-38)39-27-13-20-33(36(40)21-11-10-16-30-14-6-4-7-15-30)19-12-22-37(41)34-25-23-32(24-26-34)31-17-8-5-9-18-31/h4-9,14-15,17-18,23-26,29,33H,3,10-13,16,19-22,27-28H2,1-2H3. The second-order valence-corrected chi connectivity index (χ2v) is 11.3. The van der Waals surface area contributed by atoms with Gasteiger partial charge in [0.1, 0.15) is 5.78 Å². The SMILES string of the molecule is CCC(C)C(CCl)=NCCCC(CCCC(=O)c1ccc(-c2ccccc2)cc1)C(=O)CCCCc1ccccc1. The molecule has 0 aliphatic rings. The molecular weight excluding hydrogens is 526 g/mol. The van der Waals surface area contributed by atoms with Gasteiger partial charge in [-0.25, -0.2) is 0 Å². The number of Topliss-reactive ketones (excluding diaryl/α,β-unsaturated/α-hetero) is 2. The molecule has 0 fully saturated rings. The van der Waals surface area contributed by atoms with E-state index in [0.29, 0.717) is 37.0 Å². The number of nitrogens with zero attached hydrogens (tertiary/aromatic N) is 1. The van der Waals surface area contributed by atoms with E-state index in [0.717, 1.165) is 73.8 Å². The Morgan fingerprint density at radius 1 is 0.756 bits per heavy atom. The third-order valence-electron chi connectivity index (χ3n) is 8.05. The minimum Gasteiger partial charge on any atom is -0.299 e. The molecule has 2 unspecified atom stereocenters. The molecule has 0 heterocycles. The number of hydrogen-bond donors (Lipinski definition) is 0. The average molecular weight is 572 g/mol. The lowest BCUT2D eigenvalue weighted by Crippen LogP contribution is -2.16. The summed E-state index contributed by atoms with van der Waals surface area (Å²) in [6, 6.07) is 28.5. The third kappa shape index (κ3) is 11.4. The Balaban J connectivity index is 1.51. The Bertz CT molecular complexity index is 1200. The van der Waals surface area contributed by atoms with Crippen LogP contribution in [0.15, 0.2) is 89.9 Å². The van der Waals surface area contributed by atoms with Crippen molar-refractivity contribution in [2.45, 2.75) is 78.1 Å². The fraction of sp³-hybridized carbons (Fsp3) is 0.432. The van der Waals surface area contributed by atoms with Crippen LogP contribution in [0.2, 0.25) is 0 Å². The van der Waals surface area contributed by atoms with Gasteiger partial charge in [-0.2, -0.15) is 0 Å². The van der Waals surface area contributed by atoms with Crippen molar-refractivity contribution in [2.75, 3.05) is 12.4 Å². The van der Waals surface area contributed by atoms with Crippen LogP contribution >= 0.6 is 11.6 Å². The van der Waals surface area contributed by atoms with Crippen LogP contribution in [-0.4, -0.2) is 29.7 Å². The Morgan fingerprint density at radius 3 is 2.05 bits per heavy atom. The zero-order chi connectivity index (χ0) is 29.3. The fourth-order valence-corrected chi connectivity index (χ4v) is 5.55. The highest BCUT2D eigenvalue weighted by Gasteiger charge is 2.19. The summed E-state index contributed by atoms with van der Waals surface area (Å²) < 4.78 is 0. The first-order chi connectivity index (χ1) is 20.0. The van der Waals surface area contributed by atoms with Gasteiger partial charge in [-0.1, -0.05) is 98.8 Å². The van der Waals surface area contributed by atoms with E-state index in [4.69, 9.17) is 16.6 Å². The summed E-state index contributed by atoms with van der Waals surface area (Å²) in [7, 11) is 0. The van der Waals surface area contributed by atoms with Crippen LogP contribution in [0, 0.1) is 11.8 Å². The summed E-state index contributed by atoms with van der Waals surface area (Å²) in [6.07, 6.45) is 8.17. The van der Waals surface area contributed by atoms with E-state index < -0.39 is 0 Å². The Hall–Kier alpha value is -3.04. The number of rotatable bonds is 19. The van der Waals surface area contributed by atoms with E-state index in [1.807, 2.05) is 48.5 Å². The van der Waals surface area contributed by atoms with Crippen LogP contribution in [0.5, 0.6) is 0 Å². The lowest BCUT2D eigenvalue weighted by atomic mass is 9.88. The Morgan fingerprint density at radius 2 is 1.39 bits per heavy atom. The molecule has 0 spiro atoms. The van der Waals surface area contributed by atoms with E-state index in [1.54, 1.807) is 0 Å². The van der Waals surface area contributed by atoms with E-state index in [-0.39, 0.29) is 11.7 Å². The van der Waals surface area contributed by atoms with Crippen LogP contribution < -0.4 is 0 Å². The number of ketones is 2. The molecule has 3 nitrogen and oxygen atoms in total. The van der Waals surface area contributed by atoms with Crippen molar-refractivity contribution in [3.8, 4) is 11.1 Å². The van der Waals surface area contributed by atoms with Gasteiger partial charge >= 0.3 is 0 Å². The molecule has 0 N–H and O–H groups in total. The van der Waals surface area contributed by atoms with Gasteiger partial charge in [-0.05, 0) is 74.0 Å². The van der Waals surface area contributed by atoms with Crippen molar-refractivity contribution in [1.82, 2.24) is 0 Å². The minimum atomic E-state index is -0.0155. The van der Waals surface area contributed by atoms with Gasteiger partial charge in [-0.15, -0.1) is 11.6 Å². The fourth-order valence-electron chi connectivity index (χ4n) is 5.20. The number of aryl methyl sites for hydroxylation is 1. The smallest absolute Gasteiger partial charge is 0.162 e. The topological polar surface area (TPSA) is 46.5 Å². The number of halogens is 1. The number of aliphatic imine (C=N–C) groups is 1. The van der Waals surface area contributed by atoms with E-state index in [1.165, 1.54) is 5.56 Å². The van der Waals surface area contributed by atoms with Gasteiger partial charge in [0, 0.05) is 36.6 Å². The molecule has 0 amide bonds. The molecule has 3 aromatic rings. The molecule has 0 radical (unpaired) electrons. The molecule has 4 heteroatoms. The number of unbranched alkanes of at least 4 members (excludes halogenated alkanes) is 1. The molecule has 3 rings (SSSR count). The molecule has 3 aromatic carbocycles. The van der Waals surface area contributed by atoms with Gasteiger partial charge < -0.3 is 0 Å². The van der Waals surface area contributed by atoms with Crippen molar-refractivity contribution >= 4 is 28.9 Å². The molecule has 0 saturated heterocycles.